The van der Waals surface area contributed by atoms with Gasteiger partial charge in [-0.1, -0.05) is 12.1 Å². The molecule has 3 aromatic rings. The minimum atomic E-state index is -0.479. The van der Waals surface area contributed by atoms with E-state index in [-0.39, 0.29) is 33.6 Å². The van der Waals surface area contributed by atoms with E-state index in [4.69, 9.17) is 20.3 Å². The second kappa shape index (κ2) is 5.38. The zero-order valence-electron chi connectivity index (χ0n) is 12.2. The molecule has 2 aromatic heterocycles. The number of nitrogens with zero attached hydrogens (tertiary/aromatic N) is 1. The number of nitriles is 1. The molecule has 3 rings (SSSR count). The molecule has 8 heteroatoms. The first kappa shape index (κ1) is 14.5. The molecule has 0 radical (unpaired) electrons. The van der Waals surface area contributed by atoms with Crippen LogP contribution in [0, 0.1) is 16.7 Å². The van der Waals surface area contributed by atoms with Gasteiger partial charge in [-0.25, -0.2) is 0 Å². The van der Waals surface area contributed by atoms with Gasteiger partial charge in [0.1, 0.15) is 17.5 Å². The van der Waals surface area contributed by atoms with Gasteiger partial charge in [0.2, 0.25) is 5.55 Å². The van der Waals surface area contributed by atoms with Crippen molar-refractivity contribution in [3.8, 4) is 22.9 Å². The molecule has 0 bridgehead atoms. The number of benzene rings is 1. The first-order valence-corrected chi connectivity index (χ1v) is 6.82. The maximum Gasteiger partial charge on any atom is 0.274 e. The molecular formula is C15H13N5O3. The van der Waals surface area contributed by atoms with Crippen molar-refractivity contribution in [2.24, 2.45) is 0 Å². The normalized spacial score (nSPS) is 10.6. The standard InChI is InChI=1S/C15H13N5O3/c1-2-22-9-5-3-4-7-10(11-13(17)19-20-15(11)21)8(6-16)14(18)23-12(7)9/h3-5,18H,2H2,1H3,(H4,17,19,20,21). The largest absolute Gasteiger partial charge is 0.490 e. The van der Waals surface area contributed by atoms with Crippen LogP contribution in [0.4, 0.5) is 5.82 Å². The van der Waals surface area contributed by atoms with Gasteiger partial charge < -0.3 is 14.9 Å². The molecule has 0 saturated carbocycles. The van der Waals surface area contributed by atoms with E-state index in [1.165, 1.54) is 0 Å². The molecule has 0 aliphatic carbocycles. The number of hydrogen-bond acceptors (Lipinski definition) is 6. The van der Waals surface area contributed by atoms with Crippen LogP contribution in [0.25, 0.3) is 22.1 Å². The van der Waals surface area contributed by atoms with Crippen LogP contribution in [0.5, 0.6) is 5.75 Å². The number of anilines is 1. The summed E-state index contributed by atoms with van der Waals surface area (Å²) in [6.45, 7) is 2.23. The maximum atomic E-state index is 12.1. The number of aromatic amines is 2. The number of aromatic nitrogens is 2. The summed E-state index contributed by atoms with van der Waals surface area (Å²) in [7, 11) is 0. The molecule has 0 unspecified atom stereocenters. The smallest absolute Gasteiger partial charge is 0.274 e. The summed E-state index contributed by atoms with van der Waals surface area (Å²) in [5.41, 5.74) is 5.55. The van der Waals surface area contributed by atoms with E-state index < -0.39 is 5.56 Å². The number of rotatable bonds is 3. The number of nitrogen functional groups attached to an aromatic ring is 1. The number of hydrogen-bond donors (Lipinski definition) is 4. The van der Waals surface area contributed by atoms with Gasteiger partial charge in [-0.2, -0.15) is 5.26 Å². The maximum absolute atomic E-state index is 12.1. The van der Waals surface area contributed by atoms with Gasteiger partial charge in [0, 0.05) is 10.9 Å². The second-order valence-corrected chi connectivity index (χ2v) is 4.73. The molecule has 2 heterocycles. The van der Waals surface area contributed by atoms with Crippen LogP contribution in [0.15, 0.2) is 27.4 Å². The number of nitrogens with two attached hydrogens (primary N) is 1. The van der Waals surface area contributed by atoms with E-state index in [1.54, 1.807) is 18.2 Å². The van der Waals surface area contributed by atoms with Crippen molar-refractivity contribution in [2.45, 2.75) is 6.92 Å². The molecule has 5 N–H and O–H groups in total. The van der Waals surface area contributed by atoms with Gasteiger partial charge in [-0.05, 0) is 13.0 Å². The van der Waals surface area contributed by atoms with Crippen molar-refractivity contribution in [2.75, 3.05) is 12.3 Å². The monoisotopic (exact) mass is 311 g/mol. The fourth-order valence-electron chi connectivity index (χ4n) is 2.47. The molecule has 0 fully saturated rings. The van der Waals surface area contributed by atoms with Gasteiger partial charge >= 0.3 is 0 Å². The van der Waals surface area contributed by atoms with Crippen LogP contribution >= 0.6 is 0 Å². The number of nitrogens with one attached hydrogen (secondary N) is 3. The molecule has 1 aromatic carbocycles. The van der Waals surface area contributed by atoms with Crippen LogP contribution in [-0.2, 0) is 0 Å². The Morgan fingerprint density at radius 2 is 2.17 bits per heavy atom. The Balaban J connectivity index is 2.54. The molecule has 0 atom stereocenters. The zero-order valence-corrected chi connectivity index (χ0v) is 12.2. The van der Waals surface area contributed by atoms with Crippen molar-refractivity contribution >= 4 is 16.8 Å². The lowest BCUT2D eigenvalue weighted by Gasteiger charge is -2.10. The molecule has 23 heavy (non-hydrogen) atoms. The quantitative estimate of drug-likeness (QED) is 0.578. The SMILES string of the molecule is CCOc1cccc2c(-c3c(N)[nH][nH]c3=O)c(C#N)c(=N)oc12. The van der Waals surface area contributed by atoms with E-state index in [0.29, 0.717) is 17.7 Å². The second-order valence-electron chi connectivity index (χ2n) is 4.73. The van der Waals surface area contributed by atoms with Crippen LogP contribution in [0.1, 0.15) is 12.5 Å². The Kier molecular flexibility index (Phi) is 3.38. The lowest BCUT2D eigenvalue weighted by molar-refractivity contribution is 0.336. The fourth-order valence-corrected chi connectivity index (χ4v) is 2.47. The van der Waals surface area contributed by atoms with Crippen LogP contribution in [0.2, 0.25) is 0 Å². The van der Waals surface area contributed by atoms with Crippen molar-refractivity contribution in [3.63, 3.8) is 0 Å². The van der Waals surface area contributed by atoms with E-state index in [0.717, 1.165) is 0 Å². The van der Waals surface area contributed by atoms with Gasteiger partial charge in [-0.3, -0.25) is 20.4 Å². The van der Waals surface area contributed by atoms with E-state index in [2.05, 4.69) is 10.2 Å². The average Bonchev–Trinajstić information content (AvgIpc) is 2.86. The Labute approximate surface area is 129 Å². The van der Waals surface area contributed by atoms with Crippen molar-refractivity contribution < 1.29 is 9.15 Å². The highest BCUT2D eigenvalue weighted by molar-refractivity contribution is 6.00. The molecule has 0 aliphatic rings. The molecular weight excluding hydrogens is 298 g/mol. The third-order valence-electron chi connectivity index (χ3n) is 3.40. The zero-order chi connectivity index (χ0) is 16.6. The number of para-hydroxylation sites is 1. The topological polar surface area (TPSA) is 145 Å². The van der Waals surface area contributed by atoms with E-state index >= 15 is 0 Å². The lowest BCUT2D eigenvalue weighted by atomic mass is 9.99. The number of fused-ring (bicyclic) bond motifs is 1. The van der Waals surface area contributed by atoms with Crippen LogP contribution in [-0.4, -0.2) is 16.8 Å². The highest BCUT2D eigenvalue weighted by Crippen LogP contribution is 2.34. The van der Waals surface area contributed by atoms with Crippen LogP contribution in [0.3, 0.4) is 0 Å². The van der Waals surface area contributed by atoms with Gasteiger partial charge in [-0.15, -0.1) is 0 Å². The van der Waals surface area contributed by atoms with Crippen LogP contribution < -0.4 is 21.6 Å². The summed E-state index contributed by atoms with van der Waals surface area (Å²) in [5.74, 6) is 0.509. The molecule has 0 aliphatic heterocycles. The van der Waals surface area contributed by atoms with Gasteiger partial charge in [0.05, 0.1) is 12.2 Å². The molecule has 0 spiro atoms. The Morgan fingerprint density at radius 1 is 1.39 bits per heavy atom. The predicted octanol–water partition coefficient (Wildman–Crippen LogP) is 1.45. The first-order valence-electron chi connectivity index (χ1n) is 6.82. The average molecular weight is 311 g/mol. The van der Waals surface area contributed by atoms with E-state index in [9.17, 15) is 10.1 Å². The lowest BCUT2D eigenvalue weighted by Crippen LogP contribution is -2.12. The summed E-state index contributed by atoms with van der Waals surface area (Å²) in [6.07, 6.45) is 0. The van der Waals surface area contributed by atoms with Gasteiger partial charge in [0.15, 0.2) is 11.3 Å². The third kappa shape index (κ3) is 2.15. The highest BCUT2D eigenvalue weighted by Gasteiger charge is 2.22. The van der Waals surface area contributed by atoms with Crippen molar-refractivity contribution in [1.29, 1.82) is 10.7 Å². The minimum absolute atomic E-state index is 0.0667. The molecule has 8 nitrogen and oxygen atoms in total. The Morgan fingerprint density at radius 3 is 2.78 bits per heavy atom. The third-order valence-corrected chi connectivity index (χ3v) is 3.40. The van der Waals surface area contributed by atoms with Crippen molar-refractivity contribution in [3.05, 3.63) is 39.7 Å². The summed E-state index contributed by atoms with van der Waals surface area (Å²) in [5, 5.41) is 22.7. The fraction of sp³-hybridized carbons (Fsp3) is 0.133. The predicted molar refractivity (Wildman–Crippen MR) is 82.8 cm³/mol. The Hall–Kier alpha value is -3.47. The molecule has 0 saturated heterocycles. The Bertz CT molecular complexity index is 1050. The summed E-state index contributed by atoms with van der Waals surface area (Å²) < 4.78 is 10.9. The van der Waals surface area contributed by atoms with Gasteiger partial charge in [0.25, 0.3) is 5.56 Å². The number of ether oxygens (including phenoxy) is 1. The minimum Gasteiger partial charge on any atom is -0.490 e. The molecule has 0 amide bonds. The highest BCUT2D eigenvalue weighted by atomic mass is 16.5. The summed E-state index contributed by atoms with van der Waals surface area (Å²) in [4.78, 5) is 12.1. The van der Waals surface area contributed by atoms with Crippen molar-refractivity contribution in [1.82, 2.24) is 10.2 Å². The van der Waals surface area contributed by atoms with E-state index in [1.807, 2.05) is 13.0 Å². The summed E-state index contributed by atoms with van der Waals surface area (Å²) >= 11 is 0. The number of H-pyrrole nitrogens is 2. The summed E-state index contributed by atoms with van der Waals surface area (Å²) in [6, 6.07) is 7.00. The molecule has 116 valence electrons. The first-order chi connectivity index (χ1) is 11.1.